The van der Waals surface area contributed by atoms with Crippen molar-refractivity contribution in [2.24, 2.45) is 0 Å². The summed E-state index contributed by atoms with van der Waals surface area (Å²) in [5, 5.41) is 6.57. The van der Waals surface area contributed by atoms with E-state index in [-0.39, 0.29) is 11.7 Å². The van der Waals surface area contributed by atoms with Crippen molar-refractivity contribution < 1.29 is 4.74 Å². The van der Waals surface area contributed by atoms with E-state index in [1.165, 1.54) is 25.1 Å². The topological polar surface area (TPSA) is 82.3 Å². The van der Waals surface area contributed by atoms with Gasteiger partial charge in [-0.1, -0.05) is 41.7 Å². The Bertz CT molecular complexity index is 1470. The molecule has 0 radical (unpaired) electrons. The van der Waals surface area contributed by atoms with E-state index in [0.717, 1.165) is 35.8 Å². The molecule has 0 saturated carbocycles. The van der Waals surface area contributed by atoms with Gasteiger partial charge in [0.15, 0.2) is 0 Å². The van der Waals surface area contributed by atoms with Crippen LogP contribution in [-0.4, -0.2) is 36.7 Å². The number of ether oxygens (including phenoxy) is 1. The molecular formula is C28H27N5O2S2. The quantitative estimate of drug-likeness (QED) is 0.262. The minimum atomic E-state index is -0.0848. The number of H-pyrrole nitrogens is 1. The summed E-state index contributed by atoms with van der Waals surface area (Å²) in [5.41, 5.74) is 4.28. The van der Waals surface area contributed by atoms with Crippen molar-refractivity contribution >= 4 is 40.7 Å². The minimum Gasteiger partial charge on any atom is -0.381 e. The maximum Gasteiger partial charge on any atom is 0.249 e. The van der Waals surface area contributed by atoms with Crippen LogP contribution in [0.1, 0.15) is 17.2 Å². The van der Waals surface area contributed by atoms with Crippen molar-refractivity contribution in [3.05, 3.63) is 94.5 Å². The summed E-state index contributed by atoms with van der Waals surface area (Å²) in [6.45, 7) is 2.82. The number of morpholine rings is 1. The van der Waals surface area contributed by atoms with E-state index in [9.17, 15) is 4.79 Å². The predicted molar refractivity (Wildman–Crippen MR) is 150 cm³/mol. The van der Waals surface area contributed by atoms with Crippen LogP contribution >= 0.6 is 23.5 Å². The van der Waals surface area contributed by atoms with Gasteiger partial charge in [0.2, 0.25) is 5.56 Å². The monoisotopic (exact) mass is 529 g/mol. The maximum atomic E-state index is 11.8. The smallest absolute Gasteiger partial charge is 0.249 e. The largest absolute Gasteiger partial charge is 0.381 e. The van der Waals surface area contributed by atoms with Crippen LogP contribution in [0.5, 0.6) is 0 Å². The Morgan fingerprint density at radius 3 is 2.86 bits per heavy atom. The van der Waals surface area contributed by atoms with Gasteiger partial charge in [0.05, 0.1) is 6.61 Å². The summed E-state index contributed by atoms with van der Waals surface area (Å²) in [6, 6.07) is 20.7. The first-order valence-corrected chi connectivity index (χ1v) is 13.8. The molecule has 0 bridgehead atoms. The number of rotatable bonds is 6. The van der Waals surface area contributed by atoms with E-state index in [2.05, 4.69) is 68.0 Å². The van der Waals surface area contributed by atoms with Crippen LogP contribution < -0.4 is 21.1 Å². The number of aromatic amines is 1. The van der Waals surface area contributed by atoms with E-state index >= 15 is 0 Å². The van der Waals surface area contributed by atoms with E-state index in [1.54, 1.807) is 24.0 Å². The van der Waals surface area contributed by atoms with Crippen molar-refractivity contribution in [1.82, 2.24) is 9.97 Å². The highest BCUT2D eigenvalue weighted by atomic mass is 32.2. The standard InChI is InChI=1S/C28H27N5O2S2/c1-29-26-8-5-18(16-32-26)15-31-19-6-7-23-25(13-19)36-24-4-2-3-21(28(24)37-23)22-17-33(11-12-35-22)20-9-10-30-27(34)14-20/h2-10,13-14,16,22,31H,11-12,15,17H2,1H3,(H,29,32)(H,30,34). The molecule has 0 spiro atoms. The van der Waals surface area contributed by atoms with Crippen LogP contribution in [0.4, 0.5) is 17.2 Å². The molecule has 7 nitrogen and oxygen atoms in total. The van der Waals surface area contributed by atoms with Crippen molar-refractivity contribution in [3.63, 3.8) is 0 Å². The number of nitrogens with one attached hydrogen (secondary N) is 3. The average Bonchev–Trinajstić information content (AvgIpc) is 2.95. The molecule has 9 heteroatoms. The second kappa shape index (κ2) is 10.5. The Kier molecular flexibility index (Phi) is 6.82. The van der Waals surface area contributed by atoms with Gasteiger partial charge in [0.1, 0.15) is 11.9 Å². The Balaban J connectivity index is 1.18. The van der Waals surface area contributed by atoms with Crippen molar-refractivity contribution in [3.8, 4) is 0 Å². The van der Waals surface area contributed by atoms with Crippen molar-refractivity contribution in [2.75, 3.05) is 42.3 Å². The van der Waals surface area contributed by atoms with Gasteiger partial charge in [-0.15, -0.1) is 0 Å². The number of fused-ring (bicyclic) bond motifs is 2. The van der Waals surface area contributed by atoms with Gasteiger partial charge in [-0.3, -0.25) is 4.79 Å². The molecule has 4 aromatic rings. The van der Waals surface area contributed by atoms with Gasteiger partial charge in [-0.05, 0) is 47.5 Å². The fourth-order valence-corrected chi connectivity index (χ4v) is 7.02. The number of pyridine rings is 2. The SMILES string of the molecule is CNc1ccc(CNc2ccc3c(c2)Sc2cccc(C4CN(c5cc[nH]c(=O)c5)CCO4)c2S3)cn1. The number of hydrogen-bond donors (Lipinski definition) is 3. The number of benzene rings is 2. The zero-order chi connectivity index (χ0) is 25.2. The molecule has 4 heterocycles. The van der Waals surface area contributed by atoms with E-state index in [4.69, 9.17) is 4.74 Å². The molecule has 1 saturated heterocycles. The molecule has 2 aliphatic rings. The molecule has 3 N–H and O–H groups in total. The predicted octanol–water partition coefficient (Wildman–Crippen LogP) is 5.62. The number of anilines is 3. The van der Waals surface area contributed by atoms with Gasteiger partial charge >= 0.3 is 0 Å². The lowest BCUT2D eigenvalue weighted by molar-refractivity contribution is 0.0379. The lowest BCUT2D eigenvalue weighted by Gasteiger charge is -2.36. The Labute approximate surface area is 224 Å². The third-order valence-electron chi connectivity index (χ3n) is 6.50. The van der Waals surface area contributed by atoms with Gasteiger partial charge in [-0.2, -0.15) is 0 Å². The molecule has 2 aromatic heterocycles. The molecule has 1 unspecified atom stereocenters. The van der Waals surface area contributed by atoms with Gasteiger partial charge in [0, 0.05) is 76.1 Å². The fraction of sp³-hybridized carbons (Fsp3) is 0.214. The second-order valence-electron chi connectivity index (χ2n) is 8.91. The Morgan fingerprint density at radius 2 is 2.03 bits per heavy atom. The maximum absolute atomic E-state index is 11.8. The molecule has 1 fully saturated rings. The Morgan fingerprint density at radius 1 is 1.08 bits per heavy atom. The highest BCUT2D eigenvalue weighted by molar-refractivity contribution is 8.05. The van der Waals surface area contributed by atoms with Crippen molar-refractivity contribution in [1.29, 1.82) is 0 Å². The average molecular weight is 530 g/mol. The van der Waals surface area contributed by atoms with Crippen LogP contribution in [0.3, 0.4) is 0 Å². The van der Waals surface area contributed by atoms with Gasteiger partial charge < -0.3 is 25.3 Å². The minimum absolute atomic E-state index is 0.0542. The van der Waals surface area contributed by atoms with Crippen LogP contribution in [0.15, 0.2) is 97.4 Å². The molecule has 37 heavy (non-hydrogen) atoms. The van der Waals surface area contributed by atoms with E-state index in [0.29, 0.717) is 13.2 Å². The van der Waals surface area contributed by atoms with Crippen molar-refractivity contribution in [2.45, 2.75) is 32.2 Å². The molecule has 0 aliphatic carbocycles. The highest BCUT2D eigenvalue weighted by Gasteiger charge is 2.28. The summed E-state index contributed by atoms with van der Waals surface area (Å²) in [5.74, 6) is 0.866. The highest BCUT2D eigenvalue weighted by Crippen LogP contribution is 2.51. The number of nitrogens with zero attached hydrogens (tertiary/aromatic N) is 2. The molecule has 2 aliphatic heterocycles. The summed E-state index contributed by atoms with van der Waals surface area (Å²) in [4.78, 5) is 26.1. The van der Waals surface area contributed by atoms with Crippen LogP contribution in [0, 0.1) is 0 Å². The summed E-state index contributed by atoms with van der Waals surface area (Å²) < 4.78 is 6.24. The fourth-order valence-electron chi connectivity index (χ4n) is 4.57. The van der Waals surface area contributed by atoms with Gasteiger partial charge in [0.25, 0.3) is 0 Å². The third-order valence-corrected chi connectivity index (χ3v) is 9.11. The molecular weight excluding hydrogens is 502 g/mol. The van der Waals surface area contributed by atoms with Crippen LogP contribution in [-0.2, 0) is 11.3 Å². The van der Waals surface area contributed by atoms with Crippen LogP contribution in [0.25, 0.3) is 0 Å². The first-order valence-electron chi connectivity index (χ1n) is 12.2. The zero-order valence-electron chi connectivity index (χ0n) is 20.4. The lowest BCUT2D eigenvalue weighted by Crippen LogP contribution is -2.39. The summed E-state index contributed by atoms with van der Waals surface area (Å²) >= 11 is 3.61. The lowest BCUT2D eigenvalue weighted by atomic mass is 10.1. The normalized spacial score (nSPS) is 16.6. The van der Waals surface area contributed by atoms with Crippen LogP contribution in [0.2, 0.25) is 0 Å². The van der Waals surface area contributed by atoms with Gasteiger partial charge in [-0.25, -0.2) is 4.98 Å². The number of hydrogen-bond acceptors (Lipinski definition) is 8. The second-order valence-corrected chi connectivity index (χ2v) is 11.0. The first-order chi connectivity index (χ1) is 18.2. The summed E-state index contributed by atoms with van der Waals surface area (Å²) in [6.07, 6.45) is 3.54. The summed E-state index contributed by atoms with van der Waals surface area (Å²) in [7, 11) is 1.87. The molecule has 188 valence electrons. The molecule has 1 atom stereocenters. The molecule has 0 amide bonds. The first kappa shape index (κ1) is 24.0. The number of aromatic nitrogens is 2. The van der Waals surface area contributed by atoms with E-state index < -0.39 is 0 Å². The molecule has 6 rings (SSSR count). The third kappa shape index (κ3) is 5.20. The Hall–Kier alpha value is -3.40. The zero-order valence-corrected chi connectivity index (χ0v) is 22.0. The van der Waals surface area contributed by atoms with E-state index in [1.807, 2.05) is 37.1 Å². The molecule has 2 aromatic carbocycles.